The first-order valence-electron chi connectivity index (χ1n) is 16.7. The van der Waals surface area contributed by atoms with Gasteiger partial charge in [-0.2, -0.15) is 0 Å². The number of carbonyl (C=O) groups is 3. The summed E-state index contributed by atoms with van der Waals surface area (Å²) in [6.45, 7) is 5.21. The molecule has 0 aliphatic carbocycles. The molecule has 0 saturated heterocycles. The zero-order valence-corrected chi connectivity index (χ0v) is 28.3. The SMILES string of the molecule is CCO[C@@H]1OC(C(=O)NCc2ccc(C(=O)Nc3ccccc3N)cc2)=C[C@H](c2cn(C(C)=O)c3ccccc23)[C@@H]1CCOCCOCCO. The van der Waals surface area contributed by atoms with Crippen molar-refractivity contribution >= 4 is 40.0 Å². The summed E-state index contributed by atoms with van der Waals surface area (Å²) in [5.41, 5.74) is 9.82. The van der Waals surface area contributed by atoms with Crippen LogP contribution in [0.25, 0.3) is 10.9 Å². The molecule has 1 aliphatic heterocycles. The zero-order chi connectivity index (χ0) is 35.5. The molecule has 2 amide bonds. The van der Waals surface area contributed by atoms with Gasteiger partial charge in [0.25, 0.3) is 11.8 Å². The van der Waals surface area contributed by atoms with Gasteiger partial charge in [-0.25, -0.2) is 0 Å². The average molecular weight is 685 g/mol. The van der Waals surface area contributed by atoms with E-state index in [4.69, 9.17) is 29.8 Å². The maximum atomic E-state index is 13.6. The van der Waals surface area contributed by atoms with Gasteiger partial charge in [0.15, 0.2) is 5.76 Å². The highest BCUT2D eigenvalue weighted by Gasteiger charge is 2.39. The van der Waals surface area contributed by atoms with Crippen LogP contribution in [0.4, 0.5) is 11.4 Å². The summed E-state index contributed by atoms with van der Waals surface area (Å²) in [4.78, 5) is 39.0. The van der Waals surface area contributed by atoms with E-state index >= 15 is 0 Å². The highest BCUT2D eigenvalue weighted by Crippen LogP contribution is 2.42. The Morgan fingerprint density at radius 1 is 0.920 bits per heavy atom. The molecular weight excluding hydrogens is 640 g/mol. The number of carbonyl (C=O) groups excluding carboxylic acids is 3. The van der Waals surface area contributed by atoms with Crippen LogP contribution in [-0.2, 0) is 30.3 Å². The lowest BCUT2D eigenvalue weighted by molar-refractivity contribution is -0.168. The van der Waals surface area contributed by atoms with E-state index in [9.17, 15) is 14.4 Å². The standard InChI is InChI=1S/C38H44N4O8/c1-3-49-38-29(16-18-47-20-21-48-19-17-43)30(31-24-42(25(2)44)34-11-7-4-8-28(31)34)22-35(50-38)37(46)40-23-26-12-14-27(15-13-26)36(45)41-33-10-6-5-9-32(33)39/h4-15,22,24,29-30,38,43H,3,16-21,23,39H2,1-2H3,(H,40,46)(H,41,45)/t29-,30-,38+/m0/s1. The first-order valence-corrected chi connectivity index (χ1v) is 16.7. The van der Waals surface area contributed by atoms with Crippen molar-refractivity contribution in [3.05, 3.63) is 108 Å². The van der Waals surface area contributed by atoms with Crippen LogP contribution < -0.4 is 16.4 Å². The van der Waals surface area contributed by atoms with Gasteiger partial charge in [0.2, 0.25) is 12.2 Å². The molecule has 50 heavy (non-hydrogen) atoms. The Bertz CT molecular complexity index is 1800. The van der Waals surface area contributed by atoms with Gasteiger partial charge in [-0.3, -0.25) is 19.0 Å². The molecule has 2 heterocycles. The molecule has 5 rings (SSSR count). The van der Waals surface area contributed by atoms with Crippen LogP contribution in [0.3, 0.4) is 0 Å². The third-order valence-corrected chi connectivity index (χ3v) is 8.46. The lowest BCUT2D eigenvalue weighted by Crippen LogP contribution is -2.39. The van der Waals surface area contributed by atoms with E-state index in [1.807, 2.05) is 37.4 Å². The molecule has 12 nitrogen and oxygen atoms in total. The first kappa shape index (κ1) is 36.3. The summed E-state index contributed by atoms with van der Waals surface area (Å²) >= 11 is 0. The molecule has 0 radical (unpaired) electrons. The fourth-order valence-corrected chi connectivity index (χ4v) is 5.98. The number of fused-ring (bicyclic) bond motifs is 1. The fraction of sp³-hybridized carbons (Fsp3) is 0.342. The molecule has 0 saturated carbocycles. The van der Waals surface area contributed by atoms with E-state index in [0.717, 1.165) is 22.0 Å². The number of nitrogens with one attached hydrogen (secondary N) is 2. The summed E-state index contributed by atoms with van der Waals surface area (Å²) in [6.07, 6.45) is 3.41. The second kappa shape index (κ2) is 17.6. The van der Waals surface area contributed by atoms with Gasteiger partial charge in [-0.15, -0.1) is 0 Å². The van der Waals surface area contributed by atoms with Gasteiger partial charge in [-0.1, -0.05) is 42.5 Å². The molecule has 0 fully saturated rings. The summed E-state index contributed by atoms with van der Waals surface area (Å²) < 4.78 is 25.1. The molecule has 0 bridgehead atoms. The van der Waals surface area contributed by atoms with Crippen molar-refractivity contribution in [2.24, 2.45) is 5.92 Å². The summed E-state index contributed by atoms with van der Waals surface area (Å²) in [5, 5.41) is 15.6. The molecule has 5 N–H and O–H groups in total. The fourth-order valence-electron chi connectivity index (χ4n) is 5.98. The minimum atomic E-state index is -0.763. The number of aliphatic hydroxyl groups excluding tert-OH is 1. The minimum Gasteiger partial charge on any atom is -0.459 e. The largest absolute Gasteiger partial charge is 0.459 e. The Balaban J connectivity index is 1.34. The Kier molecular flexibility index (Phi) is 12.8. The predicted molar refractivity (Wildman–Crippen MR) is 189 cm³/mol. The number of hydrogen-bond donors (Lipinski definition) is 4. The van der Waals surface area contributed by atoms with Gasteiger partial charge in [0.1, 0.15) is 0 Å². The quantitative estimate of drug-likeness (QED) is 0.0955. The third kappa shape index (κ3) is 8.96. The number of ether oxygens (including phenoxy) is 4. The molecule has 4 aromatic rings. The Morgan fingerprint density at radius 2 is 1.64 bits per heavy atom. The van der Waals surface area contributed by atoms with E-state index in [-0.39, 0.29) is 49.2 Å². The number of nitrogens with two attached hydrogens (primary N) is 1. The summed E-state index contributed by atoms with van der Waals surface area (Å²) in [7, 11) is 0. The van der Waals surface area contributed by atoms with Gasteiger partial charge in [0, 0.05) is 55.7 Å². The van der Waals surface area contributed by atoms with Crippen molar-refractivity contribution in [3.8, 4) is 0 Å². The van der Waals surface area contributed by atoms with Crippen molar-refractivity contribution in [1.82, 2.24) is 9.88 Å². The van der Waals surface area contributed by atoms with Gasteiger partial charge < -0.3 is 40.4 Å². The average Bonchev–Trinajstić information content (AvgIpc) is 3.52. The molecule has 0 unspecified atom stereocenters. The number of amides is 2. The zero-order valence-electron chi connectivity index (χ0n) is 28.3. The second-order valence-electron chi connectivity index (χ2n) is 11.8. The van der Waals surface area contributed by atoms with Gasteiger partial charge in [0.05, 0.1) is 43.3 Å². The van der Waals surface area contributed by atoms with Crippen LogP contribution in [0.2, 0.25) is 0 Å². The lowest BCUT2D eigenvalue weighted by atomic mass is 9.81. The number of benzene rings is 3. The van der Waals surface area contributed by atoms with Gasteiger partial charge >= 0.3 is 0 Å². The van der Waals surface area contributed by atoms with Crippen LogP contribution in [0.5, 0.6) is 0 Å². The minimum absolute atomic E-state index is 0.0519. The highest BCUT2D eigenvalue weighted by atomic mass is 16.7. The van der Waals surface area contributed by atoms with Crippen LogP contribution in [0, 0.1) is 5.92 Å². The molecule has 12 heteroatoms. The summed E-state index contributed by atoms with van der Waals surface area (Å²) in [6, 6.07) is 21.6. The number of para-hydroxylation sites is 3. The van der Waals surface area contributed by atoms with Crippen molar-refractivity contribution < 1.29 is 38.4 Å². The van der Waals surface area contributed by atoms with Gasteiger partial charge in [-0.05, 0) is 60.9 Å². The summed E-state index contributed by atoms with van der Waals surface area (Å²) in [5.74, 6) is -1.34. The maximum Gasteiger partial charge on any atom is 0.286 e. The molecule has 3 atom stereocenters. The van der Waals surface area contributed by atoms with E-state index in [2.05, 4.69) is 10.6 Å². The highest BCUT2D eigenvalue weighted by molar-refractivity contribution is 6.05. The van der Waals surface area contributed by atoms with E-state index in [1.165, 1.54) is 6.92 Å². The third-order valence-electron chi connectivity index (χ3n) is 8.46. The number of nitrogens with zero attached hydrogens (tertiary/aromatic N) is 1. The Hall–Kier alpha value is -5.01. The first-order chi connectivity index (χ1) is 24.3. The van der Waals surface area contributed by atoms with Crippen LogP contribution in [-0.4, -0.2) is 73.3 Å². The molecular formula is C38H44N4O8. The van der Waals surface area contributed by atoms with Crippen molar-refractivity contribution in [3.63, 3.8) is 0 Å². The number of allylic oxidation sites excluding steroid dienone is 1. The van der Waals surface area contributed by atoms with Crippen molar-refractivity contribution in [2.45, 2.75) is 39.0 Å². The Labute approximate surface area is 291 Å². The van der Waals surface area contributed by atoms with Crippen LogP contribution >= 0.6 is 0 Å². The Morgan fingerprint density at radius 3 is 2.36 bits per heavy atom. The number of aromatic nitrogens is 1. The van der Waals surface area contributed by atoms with Crippen molar-refractivity contribution in [2.75, 3.05) is 50.7 Å². The second-order valence-corrected chi connectivity index (χ2v) is 11.8. The van der Waals surface area contributed by atoms with E-state index in [1.54, 1.807) is 59.2 Å². The number of hydrogen-bond acceptors (Lipinski definition) is 9. The number of nitrogen functional groups attached to an aromatic ring is 1. The van der Waals surface area contributed by atoms with Crippen LogP contribution in [0.15, 0.2) is 90.8 Å². The predicted octanol–water partition coefficient (Wildman–Crippen LogP) is 4.84. The molecule has 264 valence electrons. The molecule has 1 aliphatic rings. The molecule has 3 aromatic carbocycles. The van der Waals surface area contributed by atoms with Crippen LogP contribution in [0.1, 0.15) is 52.5 Å². The van der Waals surface area contributed by atoms with E-state index in [0.29, 0.717) is 49.8 Å². The smallest absolute Gasteiger partial charge is 0.286 e. The maximum absolute atomic E-state index is 13.6. The van der Waals surface area contributed by atoms with Crippen molar-refractivity contribution in [1.29, 1.82) is 0 Å². The number of rotatable bonds is 16. The normalized spacial score (nSPS) is 17.2. The monoisotopic (exact) mass is 684 g/mol. The molecule has 0 spiro atoms. The molecule has 1 aromatic heterocycles. The number of anilines is 2. The number of aliphatic hydroxyl groups is 1. The topological polar surface area (TPSA) is 163 Å². The van der Waals surface area contributed by atoms with E-state index < -0.39 is 12.2 Å². The lowest BCUT2D eigenvalue weighted by Gasteiger charge is -2.36.